The third-order valence-corrected chi connectivity index (χ3v) is 5.43. The first-order valence-corrected chi connectivity index (χ1v) is 9.69. The van der Waals surface area contributed by atoms with Crippen molar-refractivity contribution < 1.29 is 36.8 Å². The van der Waals surface area contributed by atoms with E-state index in [1.165, 1.54) is 12.1 Å². The Morgan fingerprint density at radius 1 is 1.12 bits per heavy atom. The first-order valence-electron chi connectivity index (χ1n) is 9.69. The van der Waals surface area contributed by atoms with Crippen molar-refractivity contribution >= 4 is 11.9 Å². The Balaban J connectivity index is 1.37. The molecule has 1 N–H and O–H groups in total. The van der Waals surface area contributed by atoms with Crippen molar-refractivity contribution in [2.24, 2.45) is 0 Å². The van der Waals surface area contributed by atoms with E-state index in [0.717, 1.165) is 17.0 Å². The molecule has 9 nitrogen and oxygen atoms in total. The molecule has 12 heteroatoms. The van der Waals surface area contributed by atoms with Crippen molar-refractivity contribution in [3.8, 4) is 22.9 Å². The second kappa shape index (κ2) is 7.22. The van der Waals surface area contributed by atoms with Crippen LogP contribution in [0.15, 0.2) is 47.0 Å². The van der Waals surface area contributed by atoms with Gasteiger partial charge in [-0.05, 0) is 36.8 Å². The maximum absolute atomic E-state index is 13.1. The van der Waals surface area contributed by atoms with E-state index in [9.17, 15) is 22.8 Å². The van der Waals surface area contributed by atoms with Crippen LogP contribution < -0.4 is 14.8 Å². The molecule has 2 aliphatic rings. The third kappa shape index (κ3) is 3.52. The van der Waals surface area contributed by atoms with Crippen LogP contribution in [0.5, 0.6) is 11.5 Å². The van der Waals surface area contributed by atoms with E-state index in [1.54, 1.807) is 25.1 Å². The number of alkyl halides is 3. The Labute approximate surface area is 184 Å². The van der Waals surface area contributed by atoms with Crippen molar-refractivity contribution in [2.75, 3.05) is 6.79 Å². The number of amides is 3. The fourth-order valence-corrected chi connectivity index (χ4v) is 3.65. The van der Waals surface area contributed by atoms with Gasteiger partial charge in [0.15, 0.2) is 11.5 Å². The number of carbonyl (C=O) groups is 2. The molecule has 1 aromatic heterocycles. The molecular weight excluding hydrogens is 445 g/mol. The Kier molecular flexibility index (Phi) is 4.55. The molecule has 1 unspecified atom stereocenters. The topological polar surface area (TPSA) is 107 Å². The molecule has 0 radical (unpaired) electrons. The molecular formula is C21H15F3N4O5. The highest BCUT2D eigenvalue weighted by Gasteiger charge is 2.50. The zero-order chi connectivity index (χ0) is 23.4. The van der Waals surface area contributed by atoms with Gasteiger partial charge >= 0.3 is 12.2 Å². The summed E-state index contributed by atoms with van der Waals surface area (Å²) < 4.78 is 54.6. The van der Waals surface area contributed by atoms with Gasteiger partial charge in [0.1, 0.15) is 12.1 Å². The molecule has 2 aromatic carbocycles. The molecule has 33 heavy (non-hydrogen) atoms. The monoisotopic (exact) mass is 460 g/mol. The lowest BCUT2D eigenvalue weighted by atomic mass is 9.91. The van der Waals surface area contributed by atoms with Gasteiger partial charge in [-0.2, -0.15) is 18.2 Å². The Hall–Kier alpha value is -4.09. The van der Waals surface area contributed by atoms with Crippen molar-refractivity contribution in [3.63, 3.8) is 0 Å². The maximum Gasteiger partial charge on any atom is 0.416 e. The molecule has 5 rings (SSSR count). The van der Waals surface area contributed by atoms with Crippen molar-refractivity contribution in [2.45, 2.75) is 25.2 Å². The highest BCUT2D eigenvalue weighted by molar-refractivity contribution is 6.07. The van der Waals surface area contributed by atoms with Crippen molar-refractivity contribution in [1.29, 1.82) is 0 Å². The number of aromatic nitrogens is 2. The zero-order valence-electron chi connectivity index (χ0n) is 17.0. The van der Waals surface area contributed by atoms with Crippen LogP contribution in [0.4, 0.5) is 18.0 Å². The van der Waals surface area contributed by atoms with E-state index in [-0.39, 0.29) is 30.6 Å². The van der Waals surface area contributed by atoms with Crippen molar-refractivity contribution in [3.05, 3.63) is 59.5 Å². The fraction of sp³-hybridized carbons (Fsp3) is 0.238. The van der Waals surface area contributed by atoms with Crippen LogP contribution in [0.1, 0.15) is 23.9 Å². The predicted molar refractivity (Wildman–Crippen MR) is 104 cm³/mol. The summed E-state index contributed by atoms with van der Waals surface area (Å²) in [7, 11) is 0. The van der Waals surface area contributed by atoms with Crippen LogP contribution in [0.2, 0.25) is 0 Å². The number of urea groups is 1. The van der Waals surface area contributed by atoms with E-state index < -0.39 is 29.2 Å². The highest BCUT2D eigenvalue weighted by atomic mass is 19.4. The number of halogens is 3. The lowest BCUT2D eigenvalue weighted by molar-refractivity contribution is -0.137. The standard InChI is InChI=1S/C21H15F3N4O5/c1-20(12-5-6-14-15(8-12)32-10-31-14)18(29)28(19(30)26-20)9-16-25-17(27-33-16)11-3-2-4-13(7-11)21(22,23)24/h2-8H,9-10H2,1H3,(H,26,30). The number of benzene rings is 2. The van der Waals surface area contributed by atoms with Crippen LogP contribution in [0.3, 0.4) is 0 Å². The first-order chi connectivity index (χ1) is 15.6. The molecule has 1 atom stereocenters. The summed E-state index contributed by atoms with van der Waals surface area (Å²) in [5.74, 6) is 0.216. The summed E-state index contributed by atoms with van der Waals surface area (Å²) >= 11 is 0. The Morgan fingerprint density at radius 3 is 2.70 bits per heavy atom. The van der Waals surface area contributed by atoms with Crippen LogP contribution >= 0.6 is 0 Å². The van der Waals surface area contributed by atoms with Crippen LogP contribution in [0.25, 0.3) is 11.4 Å². The number of fused-ring (bicyclic) bond motifs is 1. The van der Waals surface area contributed by atoms with Gasteiger partial charge in [0.05, 0.1) is 5.56 Å². The largest absolute Gasteiger partial charge is 0.454 e. The Morgan fingerprint density at radius 2 is 1.91 bits per heavy atom. The van der Waals surface area contributed by atoms with Gasteiger partial charge in [-0.1, -0.05) is 23.4 Å². The van der Waals surface area contributed by atoms with Crippen LogP contribution in [-0.4, -0.2) is 33.8 Å². The van der Waals surface area contributed by atoms with Gasteiger partial charge in [0, 0.05) is 5.56 Å². The number of hydrogen-bond acceptors (Lipinski definition) is 7. The van der Waals surface area contributed by atoms with Gasteiger partial charge in [0.25, 0.3) is 5.91 Å². The average molecular weight is 460 g/mol. The molecule has 3 amide bonds. The van der Waals surface area contributed by atoms with Crippen LogP contribution in [-0.2, 0) is 23.1 Å². The fourth-order valence-electron chi connectivity index (χ4n) is 3.65. The highest BCUT2D eigenvalue weighted by Crippen LogP contribution is 2.38. The number of rotatable bonds is 4. The number of imide groups is 1. The minimum Gasteiger partial charge on any atom is -0.454 e. The molecule has 1 saturated heterocycles. The summed E-state index contributed by atoms with van der Waals surface area (Å²) in [5.41, 5.74) is -1.66. The minimum atomic E-state index is -4.53. The maximum atomic E-state index is 13.1. The number of nitrogens with zero attached hydrogens (tertiary/aromatic N) is 3. The smallest absolute Gasteiger partial charge is 0.416 e. The molecule has 170 valence electrons. The Bertz CT molecular complexity index is 1270. The van der Waals surface area contributed by atoms with Gasteiger partial charge in [-0.3, -0.25) is 9.69 Å². The SMILES string of the molecule is CC1(c2ccc3c(c2)OCO3)NC(=O)N(Cc2nc(-c3cccc(C(F)(F)F)c3)no2)C1=O. The minimum absolute atomic E-state index is 0.0628. The molecule has 3 aromatic rings. The van der Waals surface area contributed by atoms with Gasteiger partial charge < -0.3 is 19.3 Å². The summed E-state index contributed by atoms with van der Waals surface area (Å²) in [4.78, 5) is 30.6. The number of carbonyl (C=O) groups excluding carboxylic acids is 2. The number of ether oxygens (including phenoxy) is 2. The molecule has 1 fully saturated rings. The average Bonchev–Trinajstić information content (AvgIpc) is 3.49. The van der Waals surface area contributed by atoms with Gasteiger partial charge in [-0.25, -0.2) is 4.79 Å². The lowest BCUT2D eigenvalue weighted by Gasteiger charge is -2.22. The molecule has 3 heterocycles. The van der Waals surface area contributed by atoms with Gasteiger partial charge in [-0.15, -0.1) is 0 Å². The molecule has 0 saturated carbocycles. The first kappa shape index (κ1) is 20.8. The second-order valence-electron chi connectivity index (χ2n) is 7.60. The number of nitrogens with one attached hydrogen (secondary N) is 1. The summed E-state index contributed by atoms with van der Waals surface area (Å²) in [6.45, 7) is 1.26. The van der Waals surface area contributed by atoms with Crippen LogP contribution in [0, 0.1) is 0 Å². The summed E-state index contributed by atoms with van der Waals surface area (Å²) in [6.07, 6.45) is -4.53. The molecule has 2 aliphatic heterocycles. The second-order valence-corrected chi connectivity index (χ2v) is 7.60. The number of hydrogen-bond donors (Lipinski definition) is 1. The molecule has 0 bridgehead atoms. The zero-order valence-corrected chi connectivity index (χ0v) is 17.0. The van der Waals surface area contributed by atoms with E-state index in [4.69, 9.17) is 14.0 Å². The van der Waals surface area contributed by atoms with E-state index >= 15 is 0 Å². The third-order valence-electron chi connectivity index (χ3n) is 5.43. The van der Waals surface area contributed by atoms with Gasteiger partial charge in [0.2, 0.25) is 18.5 Å². The summed E-state index contributed by atoms with van der Waals surface area (Å²) in [6, 6.07) is 8.66. The van der Waals surface area contributed by atoms with E-state index in [1.807, 2.05) is 0 Å². The van der Waals surface area contributed by atoms with E-state index in [2.05, 4.69) is 15.5 Å². The lowest BCUT2D eigenvalue weighted by Crippen LogP contribution is -2.40. The predicted octanol–water partition coefficient (Wildman–Crippen LogP) is 3.45. The normalized spacial score (nSPS) is 19.8. The van der Waals surface area contributed by atoms with Crippen molar-refractivity contribution in [1.82, 2.24) is 20.4 Å². The quantitative estimate of drug-likeness (QED) is 0.595. The molecule has 0 aliphatic carbocycles. The van der Waals surface area contributed by atoms with E-state index in [0.29, 0.717) is 17.1 Å². The summed E-state index contributed by atoms with van der Waals surface area (Å²) in [5, 5.41) is 6.33. The molecule has 0 spiro atoms.